The average molecular weight is 625 g/mol. The Hall–Kier alpha value is -2.85. The summed E-state index contributed by atoms with van der Waals surface area (Å²) in [5.41, 5.74) is -1.03. The van der Waals surface area contributed by atoms with Gasteiger partial charge in [-0.15, -0.1) is 0 Å². The molecule has 0 aromatic rings. The summed E-state index contributed by atoms with van der Waals surface area (Å²) in [6.45, 7) is 10.6. The van der Waals surface area contributed by atoms with Crippen LogP contribution in [0, 0.1) is 39.9 Å². The molecule has 244 valence electrons. The molecule has 0 aromatic carbocycles. The Kier molecular flexibility index (Phi) is 6.89. The van der Waals surface area contributed by atoms with Crippen molar-refractivity contribution in [2.24, 2.45) is 39.9 Å². The monoisotopic (exact) mass is 624 g/mol. The highest BCUT2D eigenvalue weighted by Crippen LogP contribution is 2.89. The summed E-state index contributed by atoms with van der Waals surface area (Å²) in [5.74, 6) is -0.742. The molecular formula is C35H44O10. The Morgan fingerprint density at radius 3 is 2.47 bits per heavy atom. The fourth-order valence-electron chi connectivity index (χ4n) is 11.4. The summed E-state index contributed by atoms with van der Waals surface area (Å²) in [5, 5.41) is 0. The van der Waals surface area contributed by atoms with Crippen molar-refractivity contribution in [1.82, 2.24) is 0 Å². The number of Topliss-reactive ketones (excluding diaryl/α,β-unsaturated/α-hetero) is 1. The highest BCUT2D eigenvalue weighted by molar-refractivity contribution is 6.02. The van der Waals surface area contributed by atoms with E-state index in [1.54, 1.807) is 12.2 Å². The number of carbonyl (C=O) groups is 5. The molecule has 45 heavy (non-hydrogen) atoms. The number of cyclic esters (lactones) is 1. The van der Waals surface area contributed by atoms with E-state index in [-0.39, 0.29) is 66.6 Å². The van der Waals surface area contributed by atoms with Crippen molar-refractivity contribution < 1.29 is 47.7 Å². The van der Waals surface area contributed by atoms with Gasteiger partial charge in [-0.1, -0.05) is 19.4 Å². The van der Waals surface area contributed by atoms with Crippen LogP contribution in [-0.4, -0.2) is 72.7 Å². The van der Waals surface area contributed by atoms with E-state index in [0.717, 1.165) is 24.8 Å². The number of hydrogen-bond acceptors (Lipinski definition) is 10. The molecule has 4 saturated carbocycles. The van der Waals surface area contributed by atoms with Crippen LogP contribution < -0.4 is 0 Å². The van der Waals surface area contributed by atoms with Crippen LogP contribution in [0.25, 0.3) is 0 Å². The summed E-state index contributed by atoms with van der Waals surface area (Å²) in [4.78, 5) is 63.0. The second kappa shape index (κ2) is 10.1. The van der Waals surface area contributed by atoms with Crippen molar-refractivity contribution in [2.75, 3.05) is 13.2 Å². The number of allylic oxidation sites excluding steroid dienone is 1. The Labute approximate surface area is 263 Å². The van der Waals surface area contributed by atoms with Gasteiger partial charge in [0.15, 0.2) is 17.7 Å². The summed E-state index contributed by atoms with van der Waals surface area (Å²) in [7, 11) is 0. The van der Waals surface area contributed by atoms with E-state index in [2.05, 4.69) is 13.8 Å². The van der Waals surface area contributed by atoms with Crippen molar-refractivity contribution >= 4 is 29.5 Å². The molecule has 10 heteroatoms. The Balaban J connectivity index is 1.18. The first-order valence-electron chi connectivity index (χ1n) is 16.4. The van der Waals surface area contributed by atoms with Gasteiger partial charge in [-0.05, 0) is 87.2 Å². The molecular weight excluding hydrogens is 580 g/mol. The highest BCUT2D eigenvalue weighted by atomic mass is 16.7. The van der Waals surface area contributed by atoms with Gasteiger partial charge < -0.3 is 23.7 Å². The minimum atomic E-state index is -0.840. The topological polar surface area (TPSA) is 135 Å². The Morgan fingerprint density at radius 2 is 1.80 bits per heavy atom. The number of ketones is 2. The molecule has 5 fully saturated rings. The molecule has 0 bridgehead atoms. The van der Waals surface area contributed by atoms with E-state index in [1.807, 2.05) is 6.92 Å². The van der Waals surface area contributed by atoms with Crippen LogP contribution in [0.1, 0.15) is 80.1 Å². The lowest BCUT2D eigenvalue weighted by atomic mass is 9.48. The SMILES string of the molecule is CC(=O)COCC1=C(C)CC([C@@H](C)C2CCC3C4C[C@H]5O[C@]56[C@H](OC(C)=O)C=CC(=O)[C@@]65CC45C[C@@H](OC(C)=O)[C@@]32C)OC1=O. The minimum absolute atomic E-state index is 0.00805. The molecule has 7 aliphatic rings. The molecule has 7 rings (SSSR count). The largest absolute Gasteiger partial charge is 0.462 e. The predicted octanol–water partition coefficient (Wildman–Crippen LogP) is 3.83. The van der Waals surface area contributed by atoms with Gasteiger partial charge in [-0.25, -0.2) is 4.79 Å². The fourth-order valence-corrected chi connectivity index (χ4v) is 11.4. The fraction of sp³-hybridized carbons (Fsp3) is 0.743. The lowest BCUT2D eigenvalue weighted by Crippen LogP contribution is -2.61. The third kappa shape index (κ3) is 4.03. The standard InChI is InChI=1S/C35H44O10/c1-17-11-26(44-31(40)22(17)15-41-14-18(2)36)19(3)23-7-8-24-25-12-29-35(45-29)28(42-20(4)37)10-9-27(39)34(35)16-33(25,34)13-30(32(23,24)6)43-21(5)38/h9-10,19,23-26,28-30H,7-8,11-16H2,1-6H3/t19-,23?,24?,25?,26?,28+,29+,30+,32+,33?,34+,35+/m0/s1. The van der Waals surface area contributed by atoms with Crippen LogP contribution in [-0.2, 0) is 47.7 Å². The zero-order valence-corrected chi connectivity index (χ0v) is 27.0. The normalized spacial score (nSPS) is 46.0. The second-order valence-corrected chi connectivity index (χ2v) is 15.2. The summed E-state index contributed by atoms with van der Waals surface area (Å²) in [6, 6.07) is 0. The third-order valence-electron chi connectivity index (χ3n) is 13.2. The van der Waals surface area contributed by atoms with Gasteiger partial charge in [0.05, 0.1) is 23.7 Å². The van der Waals surface area contributed by atoms with E-state index in [9.17, 15) is 24.0 Å². The number of esters is 3. The molecule has 0 N–H and O–H groups in total. The van der Waals surface area contributed by atoms with E-state index in [4.69, 9.17) is 23.7 Å². The first-order chi connectivity index (χ1) is 21.2. The van der Waals surface area contributed by atoms with Crippen molar-refractivity contribution in [3.05, 3.63) is 23.3 Å². The number of hydrogen-bond donors (Lipinski definition) is 0. The molecule has 5 unspecified atom stereocenters. The number of carbonyl (C=O) groups excluding carboxylic acids is 5. The van der Waals surface area contributed by atoms with E-state index in [1.165, 1.54) is 20.8 Å². The molecule has 10 nitrogen and oxygen atoms in total. The van der Waals surface area contributed by atoms with Crippen molar-refractivity contribution in [3.63, 3.8) is 0 Å². The van der Waals surface area contributed by atoms with Crippen LogP contribution in [0.15, 0.2) is 23.3 Å². The molecule has 12 atom stereocenters. The van der Waals surface area contributed by atoms with Gasteiger partial charge in [-0.2, -0.15) is 0 Å². The average Bonchev–Trinajstić information content (AvgIpc) is 3.81. The van der Waals surface area contributed by atoms with Crippen molar-refractivity contribution in [2.45, 2.75) is 110 Å². The Bertz CT molecular complexity index is 1450. The van der Waals surface area contributed by atoms with Crippen LogP contribution in [0.4, 0.5) is 0 Å². The van der Waals surface area contributed by atoms with E-state index >= 15 is 0 Å². The van der Waals surface area contributed by atoms with Crippen LogP contribution in [0.5, 0.6) is 0 Å². The maximum Gasteiger partial charge on any atom is 0.336 e. The quantitative estimate of drug-likeness (QED) is 0.223. The summed E-state index contributed by atoms with van der Waals surface area (Å²) in [6.07, 6.45) is 6.10. The first kappa shape index (κ1) is 30.8. The van der Waals surface area contributed by atoms with Gasteiger partial charge in [0.25, 0.3) is 0 Å². The zero-order chi connectivity index (χ0) is 32.3. The minimum Gasteiger partial charge on any atom is -0.462 e. The van der Waals surface area contributed by atoms with E-state index < -0.39 is 46.0 Å². The maximum atomic E-state index is 13.9. The van der Waals surface area contributed by atoms with Crippen LogP contribution >= 0.6 is 0 Å². The smallest absolute Gasteiger partial charge is 0.336 e. The molecule has 2 aliphatic heterocycles. The summed E-state index contributed by atoms with van der Waals surface area (Å²) < 4.78 is 29.9. The molecule has 1 saturated heterocycles. The second-order valence-electron chi connectivity index (χ2n) is 15.2. The number of ether oxygens (including phenoxy) is 5. The van der Waals surface area contributed by atoms with Gasteiger partial charge in [-0.3, -0.25) is 19.2 Å². The van der Waals surface area contributed by atoms with Gasteiger partial charge in [0, 0.05) is 25.7 Å². The molecule has 2 heterocycles. The van der Waals surface area contributed by atoms with Gasteiger partial charge in [0.2, 0.25) is 0 Å². The Morgan fingerprint density at radius 1 is 1.07 bits per heavy atom. The highest BCUT2D eigenvalue weighted by Gasteiger charge is 2.95. The van der Waals surface area contributed by atoms with Gasteiger partial charge in [0.1, 0.15) is 24.4 Å². The predicted molar refractivity (Wildman–Crippen MR) is 157 cm³/mol. The van der Waals surface area contributed by atoms with Crippen LogP contribution in [0.2, 0.25) is 0 Å². The molecule has 0 aromatic heterocycles. The zero-order valence-electron chi connectivity index (χ0n) is 27.0. The van der Waals surface area contributed by atoms with Crippen molar-refractivity contribution in [3.8, 4) is 0 Å². The lowest BCUT2D eigenvalue weighted by molar-refractivity contribution is -0.186. The number of rotatable bonds is 8. The lowest BCUT2D eigenvalue weighted by Gasteiger charge is -2.57. The molecule has 0 amide bonds. The third-order valence-corrected chi connectivity index (χ3v) is 13.2. The maximum absolute atomic E-state index is 13.9. The molecule has 3 spiro atoms. The first-order valence-corrected chi connectivity index (χ1v) is 16.4. The van der Waals surface area contributed by atoms with Gasteiger partial charge >= 0.3 is 17.9 Å². The number of fused-ring (bicyclic) bond motifs is 2. The van der Waals surface area contributed by atoms with Crippen molar-refractivity contribution in [1.29, 1.82) is 0 Å². The van der Waals surface area contributed by atoms with Crippen LogP contribution in [0.3, 0.4) is 0 Å². The van der Waals surface area contributed by atoms with E-state index in [0.29, 0.717) is 24.8 Å². The number of epoxide rings is 1. The molecule has 0 radical (unpaired) electrons. The molecule has 5 aliphatic carbocycles. The summed E-state index contributed by atoms with van der Waals surface area (Å²) >= 11 is 0.